The van der Waals surface area contributed by atoms with Crippen molar-refractivity contribution >= 4 is 17.8 Å². The van der Waals surface area contributed by atoms with E-state index in [4.69, 9.17) is 0 Å². The van der Waals surface area contributed by atoms with E-state index >= 15 is 0 Å². The number of alkyl halides is 2. The van der Waals surface area contributed by atoms with Crippen molar-refractivity contribution in [3.8, 4) is 5.75 Å². The van der Waals surface area contributed by atoms with E-state index in [1.54, 1.807) is 11.9 Å². The number of imide groups is 1. The van der Waals surface area contributed by atoms with Crippen molar-refractivity contribution in [3.63, 3.8) is 0 Å². The summed E-state index contributed by atoms with van der Waals surface area (Å²) in [4.78, 5) is 41.3. The van der Waals surface area contributed by atoms with E-state index in [1.807, 2.05) is 18.2 Å². The second-order valence-corrected chi connectivity index (χ2v) is 8.46. The van der Waals surface area contributed by atoms with Crippen molar-refractivity contribution in [2.24, 2.45) is 0 Å². The molecule has 0 bridgehead atoms. The molecule has 1 heterocycles. The number of aryl methyl sites for hydroxylation is 1. The van der Waals surface area contributed by atoms with Crippen molar-refractivity contribution in [3.05, 3.63) is 65.2 Å². The molecule has 1 fully saturated rings. The lowest BCUT2D eigenvalue weighted by atomic mass is 9.87. The molecule has 1 N–H and O–H groups in total. The van der Waals surface area contributed by atoms with Crippen LogP contribution in [-0.4, -0.2) is 47.8 Å². The van der Waals surface area contributed by atoms with Gasteiger partial charge in [0.1, 0.15) is 17.8 Å². The third-order valence-corrected chi connectivity index (χ3v) is 6.42. The van der Waals surface area contributed by atoms with Gasteiger partial charge >= 0.3 is 12.6 Å². The van der Waals surface area contributed by atoms with Crippen LogP contribution in [0.2, 0.25) is 0 Å². The largest absolute Gasteiger partial charge is 0.435 e. The number of rotatable bonds is 6. The van der Waals surface area contributed by atoms with Crippen molar-refractivity contribution in [1.29, 1.82) is 0 Å². The van der Waals surface area contributed by atoms with Crippen LogP contribution >= 0.6 is 0 Å². The number of halogens is 2. The Bertz CT molecular complexity index is 1080. The molecule has 1 saturated heterocycles. The fraction of sp³-hybridized carbons (Fsp3) is 0.375. The smallest absolute Gasteiger partial charge is 0.387 e. The number of nitrogens with zero attached hydrogens (tertiary/aromatic N) is 2. The van der Waals surface area contributed by atoms with E-state index in [1.165, 1.54) is 36.8 Å². The summed E-state index contributed by atoms with van der Waals surface area (Å²) in [6.07, 6.45) is 2.72. The molecule has 1 aliphatic heterocycles. The number of carbonyl (C=O) groups is 3. The van der Waals surface area contributed by atoms with Crippen molar-refractivity contribution in [2.75, 3.05) is 13.6 Å². The van der Waals surface area contributed by atoms with Crippen LogP contribution in [0.25, 0.3) is 0 Å². The highest BCUT2D eigenvalue weighted by molar-refractivity contribution is 6.09. The monoisotopic (exact) mass is 457 g/mol. The summed E-state index contributed by atoms with van der Waals surface area (Å²) in [5.74, 6) is -0.985. The van der Waals surface area contributed by atoms with E-state index in [2.05, 4.69) is 16.1 Å². The van der Waals surface area contributed by atoms with Gasteiger partial charge in [0.2, 0.25) is 5.91 Å². The molecule has 4 amide bonds. The minimum Gasteiger partial charge on any atom is -0.435 e. The van der Waals surface area contributed by atoms with Gasteiger partial charge in [-0.05, 0) is 55.0 Å². The molecule has 174 valence electrons. The summed E-state index contributed by atoms with van der Waals surface area (Å²) >= 11 is 0. The van der Waals surface area contributed by atoms with E-state index < -0.39 is 24.1 Å². The number of carbonyl (C=O) groups excluding carboxylic acids is 3. The topological polar surface area (TPSA) is 79.0 Å². The molecule has 2 aliphatic rings. The molecule has 1 aliphatic carbocycles. The number of urea groups is 1. The fourth-order valence-corrected chi connectivity index (χ4v) is 4.56. The highest BCUT2D eigenvalue weighted by atomic mass is 19.3. The zero-order valence-corrected chi connectivity index (χ0v) is 18.4. The number of hydrogen-bond donors (Lipinski definition) is 1. The molecule has 9 heteroatoms. The van der Waals surface area contributed by atoms with Gasteiger partial charge in [-0.15, -0.1) is 0 Å². The molecular weight excluding hydrogens is 432 g/mol. The molecule has 2 aromatic carbocycles. The fourth-order valence-electron chi connectivity index (χ4n) is 4.56. The Balaban J connectivity index is 1.48. The maximum atomic E-state index is 13.2. The van der Waals surface area contributed by atoms with E-state index in [9.17, 15) is 23.2 Å². The Morgan fingerprint density at radius 2 is 1.91 bits per heavy atom. The molecule has 33 heavy (non-hydrogen) atoms. The third kappa shape index (κ3) is 4.27. The van der Waals surface area contributed by atoms with E-state index in [0.717, 1.165) is 29.7 Å². The predicted molar refractivity (Wildman–Crippen MR) is 116 cm³/mol. The minimum absolute atomic E-state index is 0.0597. The Labute approximate surface area is 190 Å². The van der Waals surface area contributed by atoms with Gasteiger partial charge in [0.25, 0.3) is 5.91 Å². The van der Waals surface area contributed by atoms with Crippen LogP contribution < -0.4 is 10.1 Å². The van der Waals surface area contributed by atoms with Crippen LogP contribution in [0, 0.1) is 0 Å². The SMILES string of the molecule is CN(C(=O)CN1C(=O)N[C@](C)(c2ccc(OC(F)F)cc2)C1=O)[C@H]1CCCc2ccccc21. The highest BCUT2D eigenvalue weighted by Gasteiger charge is 2.49. The van der Waals surface area contributed by atoms with Crippen molar-refractivity contribution in [1.82, 2.24) is 15.1 Å². The average Bonchev–Trinajstić information content (AvgIpc) is 3.02. The third-order valence-electron chi connectivity index (χ3n) is 6.42. The summed E-state index contributed by atoms with van der Waals surface area (Å²) in [6.45, 7) is -1.84. The lowest BCUT2D eigenvalue weighted by Crippen LogP contribution is -2.44. The number of ether oxygens (including phenoxy) is 1. The summed E-state index contributed by atoms with van der Waals surface area (Å²) < 4.78 is 29.1. The molecule has 2 aromatic rings. The molecule has 0 unspecified atom stereocenters. The molecule has 0 radical (unpaired) electrons. The predicted octanol–water partition coefficient (Wildman–Crippen LogP) is 3.59. The van der Waals surface area contributed by atoms with E-state index in [0.29, 0.717) is 5.56 Å². The molecule has 7 nitrogen and oxygen atoms in total. The number of hydrogen-bond acceptors (Lipinski definition) is 4. The first-order valence-electron chi connectivity index (χ1n) is 10.7. The number of nitrogens with one attached hydrogen (secondary N) is 1. The van der Waals surface area contributed by atoms with Gasteiger partial charge in [0, 0.05) is 7.05 Å². The molecule has 4 rings (SSSR count). The van der Waals surface area contributed by atoms with Crippen LogP contribution in [0.3, 0.4) is 0 Å². The summed E-state index contributed by atoms with van der Waals surface area (Å²) in [5, 5.41) is 2.62. The van der Waals surface area contributed by atoms with Gasteiger partial charge in [-0.25, -0.2) is 4.79 Å². The van der Waals surface area contributed by atoms with Crippen LogP contribution in [0.1, 0.15) is 42.5 Å². The quantitative estimate of drug-likeness (QED) is 0.673. The highest BCUT2D eigenvalue weighted by Crippen LogP contribution is 2.34. The minimum atomic E-state index is -2.96. The Hall–Kier alpha value is -3.49. The first kappa shape index (κ1) is 22.7. The van der Waals surface area contributed by atoms with Gasteiger partial charge in [0.05, 0.1) is 6.04 Å². The Morgan fingerprint density at radius 3 is 2.61 bits per heavy atom. The van der Waals surface area contributed by atoms with E-state index in [-0.39, 0.29) is 24.2 Å². The van der Waals surface area contributed by atoms with Crippen LogP contribution in [-0.2, 0) is 21.5 Å². The average molecular weight is 457 g/mol. The number of fused-ring (bicyclic) bond motifs is 1. The summed E-state index contributed by atoms with van der Waals surface area (Å²) in [6, 6.07) is 12.7. The summed E-state index contributed by atoms with van der Waals surface area (Å²) in [7, 11) is 1.69. The normalized spacial score (nSPS) is 22.2. The number of benzene rings is 2. The van der Waals surface area contributed by atoms with Gasteiger partial charge in [-0.3, -0.25) is 14.5 Å². The standard InChI is InChI=1S/C24H25F2N3O4/c1-24(16-10-12-17(13-11-16)33-22(25)26)21(31)29(23(32)27-24)14-20(30)28(2)19-9-5-7-15-6-3-4-8-18(15)19/h3-4,6,8,10-13,19,22H,5,7,9,14H2,1-2H3,(H,27,32)/t19-,24+/m0/s1. The zero-order chi connectivity index (χ0) is 23.8. The maximum Gasteiger partial charge on any atom is 0.387 e. The Kier molecular flexibility index (Phi) is 6.05. The molecule has 0 saturated carbocycles. The number of amides is 4. The second-order valence-electron chi connectivity index (χ2n) is 8.46. The van der Waals surface area contributed by atoms with Gasteiger partial charge in [0.15, 0.2) is 0 Å². The van der Waals surface area contributed by atoms with Gasteiger partial charge in [-0.2, -0.15) is 8.78 Å². The van der Waals surface area contributed by atoms with Crippen molar-refractivity contribution < 1.29 is 27.9 Å². The van der Waals surface area contributed by atoms with Crippen LogP contribution in [0.4, 0.5) is 13.6 Å². The van der Waals surface area contributed by atoms with Gasteiger partial charge in [-0.1, -0.05) is 36.4 Å². The summed E-state index contributed by atoms with van der Waals surface area (Å²) in [5.41, 5.74) is 1.27. The molecular formula is C24H25F2N3O4. The Morgan fingerprint density at radius 1 is 1.21 bits per heavy atom. The second kappa shape index (κ2) is 8.80. The molecule has 0 spiro atoms. The van der Waals surface area contributed by atoms with Crippen LogP contribution in [0.5, 0.6) is 5.75 Å². The van der Waals surface area contributed by atoms with Crippen LogP contribution in [0.15, 0.2) is 48.5 Å². The first-order valence-corrected chi connectivity index (χ1v) is 10.7. The molecule has 0 aromatic heterocycles. The maximum absolute atomic E-state index is 13.2. The van der Waals surface area contributed by atoms with Gasteiger partial charge < -0.3 is 15.0 Å². The first-order chi connectivity index (χ1) is 15.7. The van der Waals surface area contributed by atoms with Crippen molar-refractivity contribution in [2.45, 2.75) is 44.4 Å². The zero-order valence-electron chi connectivity index (χ0n) is 18.4. The lowest BCUT2D eigenvalue weighted by molar-refractivity contribution is -0.139. The molecule has 2 atom stereocenters. The number of likely N-dealkylation sites (N-methyl/N-ethyl adjacent to an activating group) is 1. The lowest BCUT2D eigenvalue weighted by Gasteiger charge is -2.34.